The molecule has 3 aromatic carbocycles. The Kier molecular flexibility index (Phi) is 4.09. The highest BCUT2D eigenvalue weighted by atomic mass is 16.4. The average Bonchev–Trinajstić information content (AvgIpc) is 2.71. The summed E-state index contributed by atoms with van der Waals surface area (Å²) in [6, 6.07) is 19.4. The molecule has 0 spiro atoms. The van der Waals surface area contributed by atoms with Gasteiger partial charge >= 0.3 is 5.97 Å². The molecule has 0 fully saturated rings. The topological polar surface area (TPSA) is 81.4 Å². The van der Waals surface area contributed by atoms with Crippen LogP contribution in [0.4, 0.5) is 0 Å². The standard InChI is InChI=1S/C22H16N2O3/c23-12-14-8-9-16-13-24(20(22(26)27)11-17(16)10-14)21(25)19-7-3-5-15-4-1-2-6-18(15)19/h1-10,20H,11,13H2,(H,26,27). The maximum Gasteiger partial charge on any atom is 0.326 e. The molecule has 27 heavy (non-hydrogen) atoms. The number of nitrogens with zero attached hydrogens (tertiary/aromatic N) is 2. The zero-order valence-electron chi connectivity index (χ0n) is 14.4. The molecule has 1 N–H and O–H groups in total. The van der Waals surface area contributed by atoms with Gasteiger partial charge in [-0.15, -0.1) is 0 Å². The summed E-state index contributed by atoms with van der Waals surface area (Å²) in [5.74, 6) is -1.34. The van der Waals surface area contributed by atoms with Gasteiger partial charge in [-0.3, -0.25) is 4.79 Å². The Hall–Kier alpha value is -3.65. The first-order chi connectivity index (χ1) is 13.1. The highest BCUT2D eigenvalue weighted by Gasteiger charge is 2.35. The number of rotatable bonds is 2. The molecule has 1 heterocycles. The molecule has 0 saturated carbocycles. The summed E-state index contributed by atoms with van der Waals surface area (Å²) < 4.78 is 0. The van der Waals surface area contributed by atoms with Crippen LogP contribution in [-0.2, 0) is 17.8 Å². The predicted octanol–water partition coefficient (Wildman–Crippen LogP) is 3.36. The van der Waals surface area contributed by atoms with Crippen LogP contribution in [-0.4, -0.2) is 27.9 Å². The number of hydrogen-bond donors (Lipinski definition) is 1. The van der Waals surface area contributed by atoms with Crippen LogP contribution in [0.2, 0.25) is 0 Å². The summed E-state index contributed by atoms with van der Waals surface area (Å²) in [7, 11) is 0. The number of fused-ring (bicyclic) bond motifs is 2. The lowest BCUT2D eigenvalue weighted by atomic mass is 9.91. The van der Waals surface area contributed by atoms with E-state index < -0.39 is 12.0 Å². The molecule has 3 aromatic rings. The molecule has 5 nitrogen and oxygen atoms in total. The minimum absolute atomic E-state index is 0.191. The Morgan fingerprint density at radius 1 is 1.04 bits per heavy atom. The van der Waals surface area contributed by atoms with E-state index in [1.807, 2.05) is 36.4 Å². The van der Waals surface area contributed by atoms with Crippen LogP contribution in [0, 0.1) is 11.3 Å². The second-order valence-electron chi connectivity index (χ2n) is 6.61. The van der Waals surface area contributed by atoms with Gasteiger partial charge in [0, 0.05) is 18.5 Å². The number of nitriles is 1. The third-order valence-corrected chi connectivity index (χ3v) is 5.03. The fourth-order valence-corrected chi connectivity index (χ4v) is 3.65. The van der Waals surface area contributed by atoms with Gasteiger partial charge in [-0.2, -0.15) is 5.26 Å². The lowest BCUT2D eigenvalue weighted by Crippen LogP contribution is -2.48. The molecule has 1 unspecified atom stereocenters. The summed E-state index contributed by atoms with van der Waals surface area (Å²) in [6.07, 6.45) is 0.191. The van der Waals surface area contributed by atoms with Crippen LogP contribution in [0.25, 0.3) is 10.8 Å². The van der Waals surface area contributed by atoms with Crippen molar-refractivity contribution in [2.75, 3.05) is 0 Å². The van der Waals surface area contributed by atoms with Gasteiger partial charge in [0.1, 0.15) is 6.04 Å². The largest absolute Gasteiger partial charge is 0.480 e. The minimum Gasteiger partial charge on any atom is -0.480 e. The molecular weight excluding hydrogens is 340 g/mol. The van der Waals surface area contributed by atoms with E-state index in [1.54, 1.807) is 24.3 Å². The van der Waals surface area contributed by atoms with Gasteiger partial charge in [-0.1, -0.05) is 42.5 Å². The highest BCUT2D eigenvalue weighted by Crippen LogP contribution is 2.28. The van der Waals surface area contributed by atoms with E-state index in [4.69, 9.17) is 5.26 Å². The summed E-state index contributed by atoms with van der Waals surface area (Å²) >= 11 is 0. The summed E-state index contributed by atoms with van der Waals surface area (Å²) in [5, 5.41) is 20.5. The minimum atomic E-state index is -1.04. The first-order valence-corrected chi connectivity index (χ1v) is 8.62. The van der Waals surface area contributed by atoms with Crippen molar-refractivity contribution >= 4 is 22.6 Å². The molecule has 5 heteroatoms. The van der Waals surface area contributed by atoms with Crippen molar-refractivity contribution < 1.29 is 14.7 Å². The monoisotopic (exact) mass is 356 g/mol. The van der Waals surface area contributed by atoms with Crippen LogP contribution in [0.15, 0.2) is 60.7 Å². The van der Waals surface area contributed by atoms with E-state index in [0.29, 0.717) is 11.1 Å². The van der Waals surface area contributed by atoms with Crippen LogP contribution in [0.3, 0.4) is 0 Å². The van der Waals surface area contributed by atoms with E-state index in [0.717, 1.165) is 21.9 Å². The molecule has 1 amide bonds. The third kappa shape index (κ3) is 2.91. The van der Waals surface area contributed by atoms with Crippen LogP contribution < -0.4 is 0 Å². The van der Waals surface area contributed by atoms with Gasteiger partial charge in [0.25, 0.3) is 5.91 Å². The molecule has 0 saturated heterocycles. The second kappa shape index (κ2) is 6.58. The van der Waals surface area contributed by atoms with E-state index in [-0.39, 0.29) is 18.9 Å². The molecule has 0 bridgehead atoms. The number of amides is 1. The van der Waals surface area contributed by atoms with Gasteiger partial charge in [-0.05, 0) is 40.1 Å². The third-order valence-electron chi connectivity index (χ3n) is 5.03. The lowest BCUT2D eigenvalue weighted by Gasteiger charge is -2.34. The maximum absolute atomic E-state index is 13.3. The molecule has 0 aromatic heterocycles. The predicted molar refractivity (Wildman–Crippen MR) is 100 cm³/mol. The number of aliphatic carboxylic acids is 1. The fourth-order valence-electron chi connectivity index (χ4n) is 3.65. The molecule has 4 rings (SSSR count). The molecule has 132 valence electrons. The Balaban J connectivity index is 1.77. The number of benzene rings is 3. The Morgan fingerprint density at radius 3 is 2.59 bits per heavy atom. The fraction of sp³-hybridized carbons (Fsp3) is 0.136. The zero-order chi connectivity index (χ0) is 19.0. The first-order valence-electron chi connectivity index (χ1n) is 8.62. The SMILES string of the molecule is N#Cc1ccc2c(c1)CC(C(=O)O)N(C(=O)c1cccc3ccccc13)C2. The normalized spacial score (nSPS) is 15.8. The van der Waals surface area contributed by atoms with Gasteiger partial charge in [0.05, 0.1) is 11.6 Å². The zero-order valence-corrected chi connectivity index (χ0v) is 14.4. The van der Waals surface area contributed by atoms with Crippen LogP contribution >= 0.6 is 0 Å². The molecule has 1 atom stereocenters. The van der Waals surface area contributed by atoms with Gasteiger partial charge in [0.15, 0.2) is 0 Å². The summed E-state index contributed by atoms with van der Waals surface area (Å²) in [6.45, 7) is 0.208. The number of carboxylic acids is 1. The van der Waals surface area contributed by atoms with Crippen molar-refractivity contribution in [1.29, 1.82) is 5.26 Å². The molecule has 1 aliphatic heterocycles. The first kappa shape index (κ1) is 16.8. The van der Waals surface area contributed by atoms with Gasteiger partial charge in [0.2, 0.25) is 0 Å². The van der Waals surface area contributed by atoms with Crippen LogP contribution in [0.5, 0.6) is 0 Å². The van der Waals surface area contributed by atoms with Crippen molar-refractivity contribution in [3.8, 4) is 6.07 Å². The van der Waals surface area contributed by atoms with E-state index in [1.165, 1.54) is 4.90 Å². The highest BCUT2D eigenvalue weighted by molar-refractivity contribution is 6.08. The molecule has 0 radical (unpaired) electrons. The number of hydrogen-bond acceptors (Lipinski definition) is 3. The van der Waals surface area contributed by atoms with E-state index >= 15 is 0 Å². The average molecular weight is 356 g/mol. The van der Waals surface area contributed by atoms with Crippen molar-refractivity contribution in [2.45, 2.75) is 19.0 Å². The Labute approximate surface area is 156 Å². The van der Waals surface area contributed by atoms with Crippen LogP contribution in [0.1, 0.15) is 27.0 Å². The molecular formula is C22H16N2O3. The lowest BCUT2D eigenvalue weighted by molar-refractivity contribution is -0.142. The maximum atomic E-state index is 13.3. The molecule has 0 aliphatic carbocycles. The van der Waals surface area contributed by atoms with Crippen molar-refractivity contribution in [3.63, 3.8) is 0 Å². The number of carboxylic acid groups (broad SMARTS) is 1. The number of carbonyl (C=O) groups is 2. The molecule has 1 aliphatic rings. The van der Waals surface area contributed by atoms with Crippen molar-refractivity contribution in [1.82, 2.24) is 4.90 Å². The van der Waals surface area contributed by atoms with E-state index in [2.05, 4.69) is 6.07 Å². The Morgan fingerprint density at radius 2 is 1.81 bits per heavy atom. The van der Waals surface area contributed by atoms with Crippen molar-refractivity contribution in [3.05, 3.63) is 82.9 Å². The summed E-state index contributed by atoms with van der Waals surface area (Å²) in [4.78, 5) is 26.6. The van der Waals surface area contributed by atoms with Gasteiger partial charge < -0.3 is 10.0 Å². The van der Waals surface area contributed by atoms with Crippen molar-refractivity contribution in [2.24, 2.45) is 0 Å². The Bertz CT molecular complexity index is 1110. The number of carbonyl (C=O) groups excluding carboxylic acids is 1. The quantitative estimate of drug-likeness (QED) is 0.763. The second-order valence-corrected chi connectivity index (χ2v) is 6.61. The van der Waals surface area contributed by atoms with Gasteiger partial charge in [-0.25, -0.2) is 4.79 Å². The summed E-state index contributed by atoms with van der Waals surface area (Å²) in [5.41, 5.74) is 2.67. The smallest absolute Gasteiger partial charge is 0.326 e. The van der Waals surface area contributed by atoms with E-state index in [9.17, 15) is 14.7 Å².